The quantitative estimate of drug-likeness (QED) is 0.867. The molecule has 2 fully saturated rings. The first-order valence-electron chi connectivity index (χ1n) is 8.85. The Bertz CT molecular complexity index is 326. The highest BCUT2D eigenvalue weighted by molar-refractivity contribution is 4.89. The van der Waals surface area contributed by atoms with Crippen molar-refractivity contribution in [3.63, 3.8) is 0 Å². The van der Waals surface area contributed by atoms with E-state index < -0.39 is 0 Å². The molecule has 3 heteroatoms. The Labute approximate surface area is 131 Å². The van der Waals surface area contributed by atoms with Crippen molar-refractivity contribution in [1.29, 1.82) is 0 Å². The van der Waals surface area contributed by atoms with E-state index in [1.807, 2.05) is 0 Å². The van der Waals surface area contributed by atoms with Gasteiger partial charge >= 0.3 is 0 Å². The molecule has 1 saturated heterocycles. The number of nitrogens with zero attached hydrogens (tertiary/aromatic N) is 1. The maximum absolute atomic E-state index is 10.5. The first-order chi connectivity index (χ1) is 9.81. The Hall–Kier alpha value is -0.120. The SMILES string of the molecule is CCC1COC(C)CN1CC1CC(C(C)(C)C)CCC1O. The lowest BCUT2D eigenvalue weighted by molar-refractivity contribution is -0.0765. The average Bonchev–Trinajstić information content (AvgIpc) is 2.40. The summed E-state index contributed by atoms with van der Waals surface area (Å²) in [7, 11) is 0. The summed E-state index contributed by atoms with van der Waals surface area (Å²) in [4.78, 5) is 2.58. The minimum Gasteiger partial charge on any atom is -0.393 e. The highest BCUT2D eigenvalue weighted by atomic mass is 16.5. The molecule has 0 aromatic heterocycles. The number of aliphatic hydroxyl groups is 1. The first kappa shape index (κ1) is 17.2. The first-order valence-corrected chi connectivity index (χ1v) is 8.85. The van der Waals surface area contributed by atoms with E-state index in [-0.39, 0.29) is 6.10 Å². The van der Waals surface area contributed by atoms with Crippen LogP contribution < -0.4 is 0 Å². The summed E-state index contributed by atoms with van der Waals surface area (Å²) in [5, 5.41) is 10.5. The second-order valence-electron chi connectivity index (χ2n) is 8.36. The molecular weight excluding hydrogens is 262 g/mol. The van der Waals surface area contributed by atoms with E-state index in [0.717, 1.165) is 38.5 Å². The maximum Gasteiger partial charge on any atom is 0.0674 e. The van der Waals surface area contributed by atoms with Gasteiger partial charge in [0, 0.05) is 19.1 Å². The van der Waals surface area contributed by atoms with Crippen molar-refractivity contribution < 1.29 is 9.84 Å². The van der Waals surface area contributed by atoms with E-state index in [4.69, 9.17) is 4.74 Å². The highest BCUT2D eigenvalue weighted by Gasteiger charge is 2.37. The molecule has 2 rings (SSSR count). The largest absolute Gasteiger partial charge is 0.393 e. The Kier molecular flexibility index (Phi) is 5.72. The van der Waals surface area contributed by atoms with Gasteiger partial charge in [0.1, 0.15) is 0 Å². The van der Waals surface area contributed by atoms with Crippen LogP contribution in [0.3, 0.4) is 0 Å². The molecule has 124 valence electrons. The summed E-state index contributed by atoms with van der Waals surface area (Å²) >= 11 is 0. The molecule has 5 unspecified atom stereocenters. The van der Waals surface area contributed by atoms with Gasteiger partial charge in [-0.3, -0.25) is 4.90 Å². The van der Waals surface area contributed by atoms with E-state index >= 15 is 0 Å². The molecule has 21 heavy (non-hydrogen) atoms. The number of aliphatic hydroxyl groups excluding tert-OH is 1. The second-order valence-corrected chi connectivity index (χ2v) is 8.36. The molecule has 1 saturated carbocycles. The summed E-state index contributed by atoms with van der Waals surface area (Å²) in [6, 6.07) is 0.531. The fourth-order valence-corrected chi connectivity index (χ4v) is 4.04. The van der Waals surface area contributed by atoms with Gasteiger partial charge in [-0.2, -0.15) is 0 Å². The topological polar surface area (TPSA) is 32.7 Å². The lowest BCUT2D eigenvalue weighted by atomic mass is 9.68. The van der Waals surface area contributed by atoms with Gasteiger partial charge in [-0.15, -0.1) is 0 Å². The molecule has 0 spiro atoms. The zero-order chi connectivity index (χ0) is 15.6. The van der Waals surface area contributed by atoms with Crippen LogP contribution in [0.4, 0.5) is 0 Å². The molecule has 0 radical (unpaired) electrons. The van der Waals surface area contributed by atoms with Crippen molar-refractivity contribution in [2.75, 3.05) is 19.7 Å². The summed E-state index contributed by atoms with van der Waals surface area (Å²) in [6.45, 7) is 14.3. The molecule has 1 N–H and O–H groups in total. The fraction of sp³-hybridized carbons (Fsp3) is 1.00. The van der Waals surface area contributed by atoms with Gasteiger partial charge < -0.3 is 9.84 Å². The maximum atomic E-state index is 10.5. The zero-order valence-electron chi connectivity index (χ0n) is 14.6. The molecule has 0 aromatic carbocycles. The van der Waals surface area contributed by atoms with Crippen molar-refractivity contribution in [2.24, 2.45) is 17.3 Å². The minimum absolute atomic E-state index is 0.112. The van der Waals surface area contributed by atoms with Crippen molar-refractivity contribution in [2.45, 2.75) is 78.6 Å². The molecule has 2 aliphatic rings. The van der Waals surface area contributed by atoms with Crippen LogP contribution in [0.5, 0.6) is 0 Å². The van der Waals surface area contributed by atoms with Crippen LogP contribution in [0, 0.1) is 17.3 Å². The standard InChI is InChI=1S/C18H35NO2/c1-6-16-12-21-13(2)10-19(16)11-14-9-15(18(3,4)5)7-8-17(14)20/h13-17,20H,6-12H2,1-5H3. The molecule has 1 aliphatic heterocycles. The van der Waals surface area contributed by atoms with E-state index in [0.29, 0.717) is 23.5 Å². The molecule has 1 aliphatic carbocycles. The number of morpholine rings is 1. The third kappa shape index (κ3) is 4.43. The van der Waals surface area contributed by atoms with Gasteiger partial charge in [-0.1, -0.05) is 27.7 Å². The summed E-state index contributed by atoms with van der Waals surface area (Å²) in [6.07, 6.45) is 4.68. The third-order valence-corrected chi connectivity index (χ3v) is 5.69. The Morgan fingerprint density at radius 1 is 1.24 bits per heavy atom. The summed E-state index contributed by atoms with van der Waals surface area (Å²) < 4.78 is 5.80. The molecule has 0 amide bonds. The van der Waals surface area contributed by atoms with Crippen LogP contribution in [0.15, 0.2) is 0 Å². The van der Waals surface area contributed by atoms with Gasteiger partial charge in [0.25, 0.3) is 0 Å². The van der Waals surface area contributed by atoms with Crippen molar-refractivity contribution in [3.8, 4) is 0 Å². The predicted octanol–water partition coefficient (Wildman–Crippen LogP) is 3.31. The summed E-state index contributed by atoms with van der Waals surface area (Å²) in [5.74, 6) is 1.17. The highest BCUT2D eigenvalue weighted by Crippen LogP contribution is 2.40. The zero-order valence-corrected chi connectivity index (χ0v) is 14.6. The van der Waals surface area contributed by atoms with E-state index in [9.17, 15) is 5.11 Å². The van der Waals surface area contributed by atoms with Crippen molar-refractivity contribution in [1.82, 2.24) is 4.90 Å². The van der Waals surface area contributed by atoms with Crippen LogP contribution >= 0.6 is 0 Å². The minimum atomic E-state index is -0.112. The lowest BCUT2D eigenvalue weighted by Crippen LogP contribution is -2.52. The molecule has 0 bridgehead atoms. The Morgan fingerprint density at radius 2 is 1.95 bits per heavy atom. The van der Waals surface area contributed by atoms with Crippen LogP contribution in [-0.2, 0) is 4.74 Å². The number of hydrogen-bond donors (Lipinski definition) is 1. The third-order valence-electron chi connectivity index (χ3n) is 5.69. The number of hydrogen-bond acceptors (Lipinski definition) is 3. The number of rotatable bonds is 3. The predicted molar refractivity (Wildman–Crippen MR) is 87.4 cm³/mol. The summed E-state index contributed by atoms with van der Waals surface area (Å²) in [5.41, 5.74) is 0.362. The van der Waals surface area contributed by atoms with Gasteiger partial charge in [0.05, 0.1) is 18.8 Å². The van der Waals surface area contributed by atoms with Crippen LogP contribution in [-0.4, -0.2) is 48.0 Å². The van der Waals surface area contributed by atoms with E-state index in [1.54, 1.807) is 0 Å². The number of ether oxygens (including phenoxy) is 1. The smallest absolute Gasteiger partial charge is 0.0674 e. The second kappa shape index (κ2) is 6.97. The van der Waals surface area contributed by atoms with E-state index in [2.05, 4.69) is 39.5 Å². The van der Waals surface area contributed by atoms with Crippen molar-refractivity contribution >= 4 is 0 Å². The van der Waals surface area contributed by atoms with Crippen LogP contribution in [0.25, 0.3) is 0 Å². The van der Waals surface area contributed by atoms with Gasteiger partial charge in [0.2, 0.25) is 0 Å². The molecule has 5 atom stereocenters. The van der Waals surface area contributed by atoms with E-state index in [1.165, 1.54) is 12.8 Å². The van der Waals surface area contributed by atoms with Crippen molar-refractivity contribution in [3.05, 3.63) is 0 Å². The Balaban J connectivity index is 1.98. The molecular formula is C18H35NO2. The molecule has 3 nitrogen and oxygen atoms in total. The van der Waals surface area contributed by atoms with Gasteiger partial charge in [-0.05, 0) is 49.9 Å². The van der Waals surface area contributed by atoms with Gasteiger partial charge in [-0.25, -0.2) is 0 Å². The molecule has 0 aromatic rings. The lowest BCUT2D eigenvalue weighted by Gasteiger charge is -2.45. The van der Waals surface area contributed by atoms with Crippen LogP contribution in [0.1, 0.15) is 60.3 Å². The van der Waals surface area contributed by atoms with Gasteiger partial charge in [0.15, 0.2) is 0 Å². The fourth-order valence-electron chi connectivity index (χ4n) is 4.04. The monoisotopic (exact) mass is 297 g/mol. The average molecular weight is 297 g/mol. The molecule has 1 heterocycles. The normalized spacial score (nSPS) is 39.4. The Morgan fingerprint density at radius 3 is 2.57 bits per heavy atom. The van der Waals surface area contributed by atoms with Crippen LogP contribution in [0.2, 0.25) is 0 Å².